The van der Waals surface area contributed by atoms with E-state index < -0.39 is 17.6 Å². The van der Waals surface area contributed by atoms with Crippen LogP contribution in [0.15, 0.2) is 85.3 Å². The Balaban J connectivity index is 1.30. The zero-order valence-corrected chi connectivity index (χ0v) is 19.1. The molecule has 3 N–H and O–H groups in total. The number of rotatable bonds is 6. The number of alkyl halides is 3. The van der Waals surface area contributed by atoms with Gasteiger partial charge in [0.05, 0.1) is 22.8 Å². The molecule has 0 fully saturated rings. The highest BCUT2D eigenvalue weighted by molar-refractivity contribution is 6.04. The zero-order valence-electron chi connectivity index (χ0n) is 19.1. The van der Waals surface area contributed by atoms with Crippen LogP contribution in [0.2, 0.25) is 0 Å². The van der Waals surface area contributed by atoms with Crippen molar-refractivity contribution in [1.29, 1.82) is 0 Å². The van der Waals surface area contributed by atoms with E-state index in [1.807, 2.05) is 6.07 Å². The molecule has 0 aliphatic rings. The number of halogens is 3. The maximum atomic E-state index is 13.0. The summed E-state index contributed by atoms with van der Waals surface area (Å²) in [4.78, 5) is 21.2. The van der Waals surface area contributed by atoms with Crippen molar-refractivity contribution in [2.45, 2.75) is 12.7 Å². The van der Waals surface area contributed by atoms with Crippen LogP contribution in [-0.4, -0.2) is 30.8 Å². The minimum absolute atomic E-state index is 0.0904. The Morgan fingerprint density at radius 3 is 2.54 bits per heavy atom. The lowest BCUT2D eigenvalue weighted by Crippen LogP contribution is -2.14. The van der Waals surface area contributed by atoms with Crippen molar-refractivity contribution < 1.29 is 23.1 Å². The molecule has 11 heteroatoms. The normalized spacial score (nSPS) is 11.4. The van der Waals surface area contributed by atoms with Crippen LogP contribution in [0.3, 0.4) is 0 Å². The highest BCUT2D eigenvalue weighted by Gasteiger charge is 2.30. The molecule has 186 valence electrons. The van der Waals surface area contributed by atoms with Gasteiger partial charge in [-0.3, -0.25) is 4.79 Å². The van der Waals surface area contributed by atoms with Crippen molar-refractivity contribution in [2.24, 2.45) is 0 Å². The summed E-state index contributed by atoms with van der Waals surface area (Å²) in [5, 5.41) is 20.5. The van der Waals surface area contributed by atoms with Crippen molar-refractivity contribution in [3.8, 4) is 11.4 Å². The van der Waals surface area contributed by atoms with Gasteiger partial charge >= 0.3 is 6.18 Å². The number of carbonyl (C=O) groups is 1. The number of phenolic OH excluding ortho intramolecular Hbond substituents is 1. The molecule has 8 nitrogen and oxygen atoms in total. The lowest BCUT2D eigenvalue weighted by atomic mass is 10.1. The van der Waals surface area contributed by atoms with Gasteiger partial charge in [0.25, 0.3) is 5.91 Å². The molecule has 37 heavy (non-hydrogen) atoms. The summed E-state index contributed by atoms with van der Waals surface area (Å²) in [5.41, 5.74) is 1.57. The molecule has 0 saturated heterocycles. The first-order valence-corrected chi connectivity index (χ1v) is 11.1. The molecule has 3 aromatic carbocycles. The number of anilines is 2. The highest BCUT2D eigenvalue weighted by Crippen LogP contribution is 2.30. The third-order valence-electron chi connectivity index (χ3n) is 5.56. The quantitative estimate of drug-likeness (QED) is 0.286. The number of hydrogen-bond acceptors (Lipinski definition) is 6. The van der Waals surface area contributed by atoms with Gasteiger partial charge in [-0.15, -0.1) is 0 Å². The predicted octanol–water partition coefficient (Wildman–Crippen LogP) is 5.40. The maximum Gasteiger partial charge on any atom is 0.416 e. The Morgan fingerprint density at radius 2 is 1.76 bits per heavy atom. The molecule has 0 bridgehead atoms. The molecule has 5 rings (SSSR count). The summed E-state index contributed by atoms with van der Waals surface area (Å²) < 4.78 is 40.6. The van der Waals surface area contributed by atoms with E-state index >= 15 is 0 Å². The Morgan fingerprint density at radius 1 is 0.973 bits per heavy atom. The number of amides is 1. The standard InChI is InChI=1S/C26H19F3N6O2/c27-26(28,29)18-5-2-4-17(12-18)25(37)34-19-6-1-3-16(11-19)13-30-23-22-14-33-35(24(22)32-15-31-23)20-7-9-21(36)10-8-20/h1-12,14-15,36H,13H2,(H,34,37)(H,30,31,32). The first kappa shape index (κ1) is 23.8. The van der Waals surface area contributed by atoms with Gasteiger partial charge in [-0.2, -0.15) is 18.3 Å². The lowest BCUT2D eigenvalue weighted by Gasteiger charge is -2.11. The maximum absolute atomic E-state index is 13.0. The first-order chi connectivity index (χ1) is 17.8. The molecule has 2 aromatic heterocycles. The van der Waals surface area contributed by atoms with E-state index in [2.05, 4.69) is 25.7 Å². The summed E-state index contributed by atoms with van der Waals surface area (Å²) in [6.07, 6.45) is -1.49. The summed E-state index contributed by atoms with van der Waals surface area (Å²) in [6, 6.07) is 17.8. The Kier molecular flexibility index (Phi) is 6.18. The van der Waals surface area contributed by atoms with Crippen LogP contribution in [-0.2, 0) is 12.7 Å². The lowest BCUT2D eigenvalue weighted by molar-refractivity contribution is -0.137. The van der Waals surface area contributed by atoms with Gasteiger partial charge in [0.1, 0.15) is 17.9 Å². The van der Waals surface area contributed by atoms with Crippen LogP contribution in [0.4, 0.5) is 24.7 Å². The van der Waals surface area contributed by atoms with E-state index in [4.69, 9.17) is 0 Å². The van der Waals surface area contributed by atoms with Gasteiger partial charge in [0.15, 0.2) is 5.65 Å². The van der Waals surface area contributed by atoms with E-state index in [1.54, 1.807) is 53.3 Å². The Labute approximate surface area is 208 Å². The molecule has 5 aromatic rings. The SMILES string of the molecule is O=C(Nc1cccc(CNc2ncnc3c2cnn3-c2ccc(O)cc2)c1)c1cccc(C(F)(F)F)c1. The topological polar surface area (TPSA) is 105 Å². The molecule has 0 radical (unpaired) electrons. The minimum Gasteiger partial charge on any atom is -0.508 e. The summed E-state index contributed by atoms with van der Waals surface area (Å²) in [6.45, 7) is 0.351. The summed E-state index contributed by atoms with van der Waals surface area (Å²) >= 11 is 0. The van der Waals surface area contributed by atoms with E-state index in [0.29, 0.717) is 29.1 Å². The van der Waals surface area contributed by atoms with Gasteiger partial charge in [0.2, 0.25) is 0 Å². The number of nitrogens with one attached hydrogen (secondary N) is 2. The largest absolute Gasteiger partial charge is 0.508 e. The molecule has 2 heterocycles. The second-order valence-corrected chi connectivity index (χ2v) is 8.12. The number of aromatic nitrogens is 4. The Hall–Kier alpha value is -4.93. The molecule has 0 spiro atoms. The fourth-order valence-corrected chi connectivity index (χ4v) is 3.75. The summed E-state index contributed by atoms with van der Waals surface area (Å²) in [7, 11) is 0. The van der Waals surface area contributed by atoms with Gasteiger partial charge in [-0.05, 0) is 60.2 Å². The van der Waals surface area contributed by atoms with Crippen molar-refractivity contribution in [3.63, 3.8) is 0 Å². The first-order valence-electron chi connectivity index (χ1n) is 11.1. The van der Waals surface area contributed by atoms with Crippen LogP contribution in [0.5, 0.6) is 5.75 Å². The van der Waals surface area contributed by atoms with Crippen LogP contribution >= 0.6 is 0 Å². The molecule has 1 amide bonds. The second-order valence-electron chi connectivity index (χ2n) is 8.12. The van der Waals surface area contributed by atoms with Crippen molar-refractivity contribution in [2.75, 3.05) is 10.6 Å². The zero-order chi connectivity index (χ0) is 26.0. The van der Waals surface area contributed by atoms with Gasteiger partial charge in [-0.1, -0.05) is 18.2 Å². The molecule has 0 aliphatic heterocycles. The highest BCUT2D eigenvalue weighted by atomic mass is 19.4. The number of benzene rings is 3. The smallest absolute Gasteiger partial charge is 0.416 e. The monoisotopic (exact) mass is 504 g/mol. The number of nitrogens with zero attached hydrogens (tertiary/aromatic N) is 4. The predicted molar refractivity (Wildman–Crippen MR) is 131 cm³/mol. The third kappa shape index (κ3) is 5.20. The average molecular weight is 504 g/mol. The van der Waals surface area contributed by atoms with Gasteiger partial charge < -0.3 is 15.7 Å². The molecular formula is C26H19F3N6O2. The van der Waals surface area contributed by atoms with Crippen LogP contribution in [0.1, 0.15) is 21.5 Å². The van der Waals surface area contributed by atoms with E-state index in [-0.39, 0.29) is 11.3 Å². The van der Waals surface area contributed by atoms with E-state index in [1.165, 1.54) is 18.5 Å². The minimum atomic E-state index is -4.53. The number of carbonyl (C=O) groups excluding carboxylic acids is 1. The van der Waals surface area contributed by atoms with Crippen molar-refractivity contribution in [3.05, 3.63) is 102 Å². The molecular weight excluding hydrogens is 485 g/mol. The third-order valence-corrected chi connectivity index (χ3v) is 5.56. The molecule has 0 aliphatic carbocycles. The van der Waals surface area contributed by atoms with Crippen LogP contribution in [0.25, 0.3) is 16.7 Å². The number of aromatic hydroxyl groups is 1. The fraction of sp³-hybridized carbons (Fsp3) is 0.0769. The molecule has 0 saturated carbocycles. The summed E-state index contributed by atoms with van der Waals surface area (Å²) in [5.74, 6) is 0.0502. The van der Waals surface area contributed by atoms with Crippen molar-refractivity contribution >= 4 is 28.4 Å². The van der Waals surface area contributed by atoms with Crippen LogP contribution < -0.4 is 10.6 Å². The Bertz CT molecular complexity index is 1580. The average Bonchev–Trinajstić information content (AvgIpc) is 3.32. The van der Waals surface area contributed by atoms with Crippen LogP contribution in [0, 0.1) is 0 Å². The van der Waals surface area contributed by atoms with E-state index in [9.17, 15) is 23.1 Å². The number of hydrogen-bond donors (Lipinski definition) is 3. The van der Waals surface area contributed by atoms with E-state index in [0.717, 1.165) is 23.4 Å². The van der Waals surface area contributed by atoms with Gasteiger partial charge in [0, 0.05) is 17.8 Å². The van der Waals surface area contributed by atoms with Gasteiger partial charge in [-0.25, -0.2) is 14.6 Å². The number of phenols is 1. The fourth-order valence-electron chi connectivity index (χ4n) is 3.75. The van der Waals surface area contributed by atoms with Crippen molar-refractivity contribution in [1.82, 2.24) is 19.7 Å². The molecule has 0 atom stereocenters. The molecule has 0 unspecified atom stereocenters. The second kappa shape index (κ2) is 9.61. The number of fused-ring (bicyclic) bond motifs is 1.